The lowest BCUT2D eigenvalue weighted by Crippen LogP contribution is -2.02. The van der Waals surface area contributed by atoms with Crippen LogP contribution in [0.1, 0.15) is 0 Å². The van der Waals surface area contributed by atoms with Crippen LogP contribution in [0.5, 0.6) is 0 Å². The molecule has 0 N–H and O–H groups in total. The quantitative estimate of drug-likeness (QED) is 0.136. The summed E-state index contributed by atoms with van der Waals surface area (Å²) in [6.07, 6.45) is 0. The third-order valence-electron chi connectivity index (χ3n) is 7.54. The van der Waals surface area contributed by atoms with Gasteiger partial charge < -0.3 is 4.57 Å². The molecule has 2 nitrogen and oxygen atoms in total. The van der Waals surface area contributed by atoms with E-state index in [1.54, 1.807) is 0 Å². The Hall–Kier alpha value is -4.26. The van der Waals surface area contributed by atoms with Gasteiger partial charge in [0.1, 0.15) is 7.14 Å². The average molecular weight is 508 g/mol. The lowest BCUT2D eigenvalue weighted by Gasteiger charge is -2.15. The van der Waals surface area contributed by atoms with Gasteiger partial charge in [-0.05, 0) is 46.9 Å². The number of aromatic nitrogens is 1. The summed E-state index contributed by atoms with van der Waals surface area (Å²) in [7, 11) is -2.33. The molecule has 0 saturated carbocycles. The third-order valence-corrected chi connectivity index (χ3v) is 9.06. The fourth-order valence-electron chi connectivity index (χ4n) is 5.57. The number of pyridine rings is 1. The topological polar surface area (TPSA) is 30.0 Å². The summed E-state index contributed by atoms with van der Waals surface area (Å²) >= 11 is 0. The summed E-state index contributed by atoms with van der Waals surface area (Å²) in [5.74, 6) is 0. The molecule has 0 radical (unpaired) electrons. The maximum absolute atomic E-state index is 12.7. The van der Waals surface area contributed by atoms with Crippen molar-refractivity contribution in [1.29, 1.82) is 0 Å². The molecular formula is C35H26NOP. The van der Waals surface area contributed by atoms with Crippen LogP contribution in [0.2, 0.25) is 0 Å². The highest BCUT2D eigenvalue weighted by Gasteiger charge is 2.16. The van der Waals surface area contributed by atoms with Crippen LogP contribution in [0.3, 0.4) is 0 Å². The summed E-state index contributed by atoms with van der Waals surface area (Å²) < 4.78 is 12.7. The van der Waals surface area contributed by atoms with Gasteiger partial charge in [0.25, 0.3) is 0 Å². The Labute approximate surface area is 222 Å². The monoisotopic (exact) mass is 507 g/mol. The molecule has 0 bridgehead atoms. The van der Waals surface area contributed by atoms with Crippen LogP contribution in [0.4, 0.5) is 0 Å². The van der Waals surface area contributed by atoms with Crippen molar-refractivity contribution in [2.45, 2.75) is 0 Å². The highest BCUT2D eigenvalue weighted by molar-refractivity contribution is 7.70. The van der Waals surface area contributed by atoms with E-state index in [2.05, 4.69) is 109 Å². The molecule has 0 saturated heterocycles. The van der Waals surface area contributed by atoms with Crippen LogP contribution in [0.15, 0.2) is 121 Å². The summed E-state index contributed by atoms with van der Waals surface area (Å²) in [6, 6.07) is 42.7. The van der Waals surface area contributed by atoms with Crippen LogP contribution >= 0.6 is 7.14 Å². The molecule has 0 amide bonds. The average Bonchev–Trinajstić information content (AvgIpc) is 2.95. The van der Waals surface area contributed by atoms with Gasteiger partial charge in [-0.25, -0.2) is 4.98 Å². The lowest BCUT2D eigenvalue weighted by atomic mass is 9.91. The number of nitrogens with zero attached hydrogens (tertiary/aromatic N) is 1. The van der Waals surface area contributed by atoms with E-state index >= 15 is 0 Å². The maximum Gasteiger partial charge on any atom is 0.109 e. The predicted octanol–water partition coefficient (Wildman–Crippen LogP) is 9.28. The molecule has 182 valence electrons. The van der Waals surface area contributed by atoms with Gasteiger partial charge in [0.15, 0.2) is 0 Å². The molecule has 6 aromatic carbocycles. The highest BCUT2D eigenvalue weighted by Crippen LogP contribution is 2.40. The first-order valence-corrected chi connectivity index (χ1v) is 15.5. The smallest absolute Gasteiger partial charge is 0.109 e. The van der Waals surface area contributed by atoms with Gasteiger partial charge in [0, 0.05) is 32.4 Å². The second kappa shape index (κ2) is 8.65. The Balaban J connectivity index is 1.50. The van der Waals surface area contributed by atoms with Gasteiger partial charge in [-0.1, -0.05) is 115 Å². The molecule has 0 fully saturated rings. The molecule has 7 aromatic rings. The molecule has 38 heavy (non-hydrogen) atoms. The molecule has 0 spiro atoms. The van der Waals surface area contributed by atoms with E-state index in [1.807, 2.05) is 25.5 Å². The van der Waals surface area contributed by atoms with E-state index < -0.39 is 7.14 Å². The van der Waals surface area contributed by atoms with Crippen molar-refractivity contribution >= 4 is 55.8 Å². The van der Waals surface area contributed by atoms with Gasteiger partial charge in [0.2, 0.25) is 0 Å². The van der Waals surface area contributed by atoms with Crippen LogP contribution in [-0.2, 0) is 4.57 Å². The maximum atomic E-state index is 12.7. The van der Waals surface area contributed by atoms with Crippen LogP contribution < -0.4 is 5.30 Å². The molecule has 1 heterocycles. The molecule has 0 aliphatic carbocycles. The predicted molar refractivity (Wildman–Crippen MR) is 164 cm³/mol. The molecular weight excluding hydrogens is 481 g/mol. The van der Waals surface area contributed by atoms with E-state index in [9.17, 15) is 4.57 Å². The van der Waals surface area contributed by atoms with Crippen molar-refractivity contribution < 1.29 is 4.57 Å². The summed E-state index contributed by atoms with van der Waals surface area (Å²) in [4.78, 5) is 5.29. The SMILES string of the molecule is CP(C)(=O)c1cccc(-c2ccc(-c3c4ccc5ccccc5c4nc4c3ccc3ccccc34)cc2)c1. The molecule has 7 rings (SSSR count). The minimum Gasteiger partial charge on any atom is -0.319 e. The second-order valence-corrected chi connectivity index (χ2v) is 13.5. The second-order valence-electron chi connectivity index (χ2n) is 10.3. The van der Waals surface area contributed by atoms with E-state index in [0.29, 0.717) is 0 Å². The van der Waals surface area contributed by atoms with Crippen molar-refractivity contribution in [3.8, 4) is 22.3 Å². The van der Waals surface area contributed by atoms with Crippen LogP contribution in [0.25, 0.3) is 65.6 Å². The van der Waals surface area contributed by atoms with E-state index in [-0.39, 0.29) is 0 Å². The Kier molecular flexibility index (Phi) is 5.21. The van der Waals surface area contributed by atoms with Gasteiger partial charge in [-0.15, -0.1) is 0 Å². The molecule has 0 aliphatic heterocycles. The first-order chi connectivity index (χ1) is 18.5. The van der Waals surface area contributed by atoms with Crippen molar-refractivity contribution in [3.63, 3.8) is 0 Å². The van der Waals surface area contributed by atoms with Crippen molar-refractivity contribution in [3.05, 3.63) is 121 Å². The Bertz CT molecular complexity index is 1980. The number of hydrogen-bond donors (Lipinski definition) is 0. The number of hydrogen-bond acceptors (Lipinski definition) is 2. The van der Waals surface area contributed by atoms with E-state index in [0.717, 1.165) is 54.6 Å². The van der Waals surface area contributed by atoms with Crippen LogP contribution in [0, 0.1) is 0 Å². The Morgan fingerprint density at radius 1 is 0.500 bits per heavy atom. The Morgan fingerprint density at radius 2 is 1.05 bits per heavy atom. The zero-order valence-electron chi connectivity index (χ0n) is 21.3. The normalized spacial score (nSPS) is 12.1. The number of rotatable bonds is 3. The third kappa shape index (κ3) is 3.72. The van der Waals surface area contributed by atoms with Gasteiger partial charge in [0.05, 0.1) is 11.0 Å². The Morgan fingerprint density at radius 3 is 1.63 bits per heavy atom. The minimum absolute atomic E-state index is 0.906. The van der Waals surface area contributed by atoms with Crippen molar-refractivity contribution in [1.82, 2.24) is 4.98 Å². The van der Waals surface area contributed by atoms with Crippen molar-refractivity contribution in [2.75, 3.05) is 13.3 Å². The lowest BCUT2D eigenvalue weighted by molar-refractivity contribution is 0.588. The molecule has 1 aromatic heterocycles. The standard InChI is InChI=1S/C35H26NOP/c1-38(2,37)28-11-7-10-27(22-28)23-14-16-26(17-15-23)33-31-20-18-24-8-3-5-12-29(24)34(31)36-35-30-13-6-4-9-25(30)19-21-32(33)35/h3-22H,1-2H3. The zero-order chi connectivity index (χ0) is 25.9. The van der Waals surface area contributed by atoms with Gasteiger partial charge in [-0.2, -0.15) is 0 Å². The van der Waals surface area contributed by atoms with E-state index in [4.69, 9.17) is 4.98 Å². The summed E-state index contributed by atoms with van der Waals surface area (Å²) in [5, 5.41) is 7.92. The van der Waals surface area contributed by atoms with E-state index in [1.165, 1.54) is 16.3 Å². The number of benzene rings is 6. The summed E-state index contributed by atoms with van der Waals surface area (Å²) in [5.41, 5.74) is 6.61. The fraction of sp³-hybridized carbons (Fsp3) is 0.0571. The molecule has 0 unspecified atom stereocenters. The molecule has 0 aliphatic rings. The van der Waals surface area contributed by atoms with Crippen LogP contribution in [-0.4, -0.2) is 18.3 Å². The highest BCUT2D eigenvalue weighted by atomic mass is 31.2. The molecule has 0 atom stereocenters. The minimum atomic E-state index is -2.33. The first-order valence-electron chi connectivity index (χ1n) is 12.9. The largest absolute Gasteiger partial charge is 0.319 e. The number of fused-ring (bicyclic) bond motifs is 6. The first kappa shape index (κ1) is 22.9. The fourth-order valence-corrected chi connectivity index (χ4v) is 6.47. The van der Waals surface area contributed by atoms with Gasteiger partial charge in [-0.3, -0.25) is 0 Å². The summed E-state index contributed by atoms with van der Waals surface area (Å²) in [6.45, 7) is 3.64. The van der Waals surface area contributed by atoms with Crippen molar-refractivity contribution in [2.24, 2.45) is 0 Å². The zero-order valence-corrected chi connectivity index (χ0v) is 22.2. The van der Waals surface area contributed by atoms with Gasteiger partial charge >= 0.3 is 0 Å². The molecule has 3 heteroatoms.